The number of ether oxygens (including phenoxy) is 1. The molecule has 21 heavy (non-hydrogen) atoms. The van der Waals surface area contributed by atoms with Crippen LogP contribution in [0.25, 0.3) is 10.2 Å². The summed E-state index contributed by atoms with van der Waals surface area (Å²) in [7, 11) is 3.82. The average molecular weight is 329 g/mol. The fraction of sp³-hybridized carbons (Fsp3) is 0.571. The molecule has 0 unspecified atom stereocenters. The normalized spacial score (nSPS) is 21.5. The summed E-state index contributed by atoms with van der Waals surface area (Å²) < 4.78 is 5.20. The number of anilines is 1. The minimum absolute atomic E-state index is 0. The van der Waals surface area contributed by atoms with E-state index < -0.39 is 0 Å². The van der Waals surface area contributed by atoms with Gasteiger partial charge in [-0.15, -0.1) is 23.7 Å². The van der Waals surface area contributed by atoms with E-state index in [0.29, 0.717) is 18.7 Å². The Morgan fingerprint density at radius 2 is 2.24 bits per heavy atom. The monoisotopic (exact) mass is 328 g/mol. The number of aromatic nitrogens is 2. The van der Waals surface area contributed by atoms with Crippen molar-refractivity contribution in [3.05, 3.63) is 17.3 Å². The van der Waals surface area contributed by atoms with Gasteiger partial charge in [0.05, 0.1) is 12.0 Å². The Kier molecular flexibility index (Phi) is 5.37. The van der Waals surface area contributed by atoms with Gasteiger partial charge in [-0.1, -0.05) is 0 Å². The first-order chi connectivity index (χ1) is 9.69. The zero-order chi connectivity index (χ0) is 14.1. The molecule has 0 radical (unpaired) electrons. The van der Waals surface area contributed by atoms with E-state index in [1.54, 1.807) is 24.8 Å². The minimum Gasteiger partial charge on any atom is -0.379 e. The number of hydrogen-bond donors (Lipinski definition) is 1. The highest BCUT2D eigenvalue weighted by molar-refractivity contribution is 7.18. The number of methoxy groups -OCH3 is 1. The van der Waals surface area contributed by atoms with Gasteiger partial charge < -0.3 is 15.4 Å². The van der Waals surface area contributed by atoms with Crippen molar-refractivity contribution in [1.29, 1.82) is 0 Å². The number of fused-ring (bicyclic) bond motifs is 1. The predicted octanol–water partition coefficient (Wildman–Crippen LogP) is 2.58. The second kappa shape index (κ2) is 6.87. The summed E-state index contributed by atoms with van der Waals surface area (Å²) in [4.78, 5) is 13.3. The van der Waals surface area contributed by atoms with E-state index in [0.717, 1.165) is 35.3 Å². The molecule has 2 aromatic rings. The highest BCUT2D eigenvalue weighted by Crippen LogP contribution is 2.33. The highest BCUT2D eigenvalue weighted by atomic mass is 35.5. The summed E-state index contributed by atoms with van der Waals surface area (Å²) in [6.07, 6.45) is 4.92. The zero-order valence-corrected chi connectivity index (χ0v) is 13.9. The molecular weight excluding hydrogens is 308 g/mol. The van der Waals surface area contributed by atoms with Crippen molar-refractivity contribution in [3.63, 3.8) is 0 Å². The quantitative estimate of drug-likeness (QED) is 0.934. The Labute approximate surface area is 134 Å². The number of thiophene rings is 1. The van der Waals surface area contributed by atoms with Crippen LogP contribution in [0.1, 0.15) is 24.1 Å². The van der Waals surface area contributed by atoms with Gasteiger partial charge in [0.2, 0.25) is 0 Å². The third-order valence-corrected chi connectivity index (χ3v) is 4.99. The lowest BCUT2D eigenvalue weighted by atomic mass is 10.2. The molecule has 5 nitrogen and oxygen atoms in total. The topological polar surface area (TPSA) is 64.3 Å². The molecule has 2 aromatic heterocycles. The Morgan fingerprint density at radius 3 is 2.90 bits per heavy atom. The van der Waals surface area contributed by atoms with Crippen molar-refractivity contribution >= 4 is 39.8 Å². The van der Waals surface area contributed by atoms with Gasteiger partial charge in [-0.3, -0.25) is 0 Å². The van der Waals surface area contributed by atoms with Gasteiger partial charge in [-0.2, -0.15) is 0 Å². The van der Waals surface area contributed by atoms with Crippen molar-refractivity contribution in [2.45, 2.75) is 38.0 Å². The molecule has 7 heteroatoms. The van der Waals surface area contributed by atoms with Gasteiger partial charge in [0, 0.05) is 31.1 Å². The van der Waals surface area contributed by atoms with E-state index in [4.69, 9.17) is 10.5 Å². The van der Waals surface area contributed by atoms with E-state index in [9.17, 15) is 0 Å². The van der Waals surface area contributed by atoms with Gasteiger partial charge in [-0.25, -0.2) is 9.97 Å². The molecular formula is C14H21ClN4OS. The maximum atomic E-state index is 6.02. The fourth-order valence-corrected chi connectivity index (χ4v) is 3.87. The van der Waals surface area contributed by atoms with Crippen LogP contribution in [-0.2, 0) is 11.3 Å². The second-order valence-corrected chi connectivity index (χ2v) is 6.51. The lowest BCUT2D eigenvalue weighted by Gasteiger charge is -2.25. The summed E-state index contributed by atoms with van der Waals surface area (Å²) in [5, 5.41) is 1.12. The smallest absolute Gasteiger partial charge is 0.140 e. The minimum atomic E-state index is 0. The number of nitrogens with zero attached hydrogens (tertiary/aromatic N) is 3. The van der Waals surface area contributed by atoms with E-state index in [1.807, 2.05) is 0 Å². The van der Waals surface area contributed by atoms with Crippen molar-refractivity contribution < 1.29 is 4.74 Å². The van der Waals surface area contributed by atoms with Gasteiger partial charge in [-0.05, 0) is 25.3 Å². The summed E-state index contributed by atoms with van der Waals surface area (Å²) in [5.74, 6) is 1.01. The number of rotatable bonds is 4. The Hall–Kier alpha value is -0.950. The van der Waals surface area contributed by atoms with Crippen LogP contribution in [-0.4, -0.2) is 36.2 Å². The molecule has 0 aromatic carbocycles. The van der Waals surface area contributed by atoms with E-state index in [1.165, 1.54) is 4.88 Å². The first kappa shape index (κ1) is 16.4. The molecule has 1 saturated carbocycles. The lowest BCUT2D eigenvalue weighted by molar-refractivity contribution is 0.187. The second-order valence-electron chi connectivity index (χ2n) is 5.40. The number of nitrogens with two attached hydrogens (primary N) is 1. The van der Waals surface area contributed by atoms with Crippen LogP contribution in [0.3, 0.4) is 0 Å². The zero-order valence-electron chi connectivity index (χ0n) is 12.3. The van der Waals surface area contributed by atoms with Crippen molar-refractivity contribution in [1.82, 2.24) is 9.97 Å². The highest BCUT2D eigenvalue weighted by Gasteiger charge is 2.27. The summed E-state index contributed by atoms with van der Waals surface area (Å²) in [6.45, 7) is 0.623. The van der Waals surface area contributed by atoms with Crippen molar-refractivity contribution in [2.24, 2.45) is 5.73 Å². The van der Waals surface area contributed by atoms with Crippen molar-refractivity contribution in [2.75, 3.05) is 19.1 Å². The first-order valence-corrected chi connectivity index (χ1v) is 7.71. The molecule has 0 aliphatic heterocycles. The lowest BCUT2D eigenvalue weighted by Crippen LogP contribution is -2.31. The molecule has 3 rings (SSSR count). The molecule has 0 saturated heterocycles. The van der Waals surface area contributed by atoms with E-state index in [-0.39, 0.29) is 12.4 Å². The van der Waals surface area contributed by atoms with Crippen LogP contribution in [0.15, 0.2) is 12.4 Å². The average Bonchev–Trinajstić information content (AvgIpc) is 3.03. The standard InChI is InChI=1S/C14H20N4OS.ClH/c1-18(10-4-3-9(15)5-10)13-12-6-11(7-19-2)20-14(12)17-8-16-13;/h6,8-10H,3-5,7,15H2,1-2H3;1H/t9-,10+;/m0./s1. The fourth-order valence-electron chi connectivity index (χ4n) is 2.90. The summed E-state index contributed by atoms with van der Waals surface area (Å²) >= 11 is 1.67. The van der Waals surface area contributed by atoms with Crippen LogP contribution in [0.5, 0.6) is 0 Å². The van der Waals surface area contributed by atoms with Crippen LogP contribution < -0.4 is 10.6 Å². The van der Waals surface area contributed by atoms with E-state index >= 15 is 0 Å². The van der Waals surface area contributed by atoms with Crippen LogP contribution in [0, 0.1) is 0 Å². The third kappa shape index (κ3) is 3.29. The third-order valence-electron chi connectivity index (χ3n) is 3.97. The molecule has 2 heterocycles. The number of hydrogen-bond acceptors (Lipinski definition) is 6. The maximum Gasteiger partial charge on any atom is 0.140 e. The first-order valence-electron chi connectivity index (χ1n) is 6.90. The van der Waals surface area contributed by atoms with Gasteiger partial charge >= 0.3 is 0 Å². The summed E-state index contributed by atoms with van der Waals surface area (Å²) in [6, 6.07) is 2.95. The molecule has 116 valence electrons. The van der Waals surface area contributed by atoms with E-state index in [2.05, 4.69) is 28.0 Å². The van der Waals surface area contributed by atoms with Crippen LogP contribution >= 0.6 is 23.7 Å². The molecule has 0 spiro atoms. The Bertz CT molecular complexity index is 606. The molecule has 2 N–H and O–H groups in total. The molecule has 0 amide bonds. The molecule has 0 bridgehead atoms. The molecule has 1 fully saturated rings. The van der Waals surface area contributed by atoms with Gasteiger partial charge in [0.15, 0.2) is 0 Å². The molecule has 1 aliphatic rings. The largest absolute Gasteiger partial charge is 0.379 e. The Balaban J connectivity index is 0.00000161. The van der Waals surface area contributed by atoms with Crippen LogP contribution in [0.2, 0.25) is 0 Å². The molecule has 1 aliphatic carbocycles. The van der Waals surface area contributed by atoms with Gasteiger partial charge in [0.1, 0.15) is 17.0 Å². The predicted molar refractivity (Wildman–Crippen MR) is 89.4 cm³/mol. The summed E-state index contributed by atoms with van der Waals surface area (Å²) in [5.41, 5.74) is 6.02. The Morgan fingerprint density at radius 1 is 1.43 bits per heavy atom. The molecule has 2 atom stereocenters. The maximum absolute atomic E-state index is 6.02. The van der Waals surface area contributed by atoms with Crippen LogP contribution in [0.4, 0.5) is 5.82 Å². The van der Waals surface area contributed by atoms with Gasteiger partial charge in [0.25, 0.3) is 0 Å². The van der Waals surface area contributed by atoms with Crippen molar-refractivity contribution in [3.8, 4) is 0 Å². The SMILES string of the molecule is COCc1cc2c(N(C)[C@@H]3CC[C@H](N)C3)ncnc2s1.Cl. The number of halogens is 1.